The maximum Gasteiger partial charge on any atom is 0.118 e. The van der Waals surface area contributed by atoms with E-state index in [1.807, 2.05) is 72.8 Å². The summed E-state index contributed by atoms with van der Waals surface area (Å²) in [6.07, 6.45) is 12.3. The van der Waals surface area contributed by atoms with Crippen LogP contribution < -0.4 is 4.74 Å². The molecule has 0 saturated carbocycles. The lowest BCUT2D eigenvalue weighted by molar-refractivity contribution is 0.415. The molecule has 0 amide bonds. The molecule has 0 aromatic heterocycles. The third kappa shape index (κ3) is 9.92. The van der Waals surface area contributed by atoms with Gasteiger partial charge in [0.25, 0.3) is 0 Å². The Labute approximate surface area is 140 Å². The van der Waals surface area contributed by atoms with Gasteiger partial charge in [0.05, 0.1) is 7.11 Å². The van der Waals surface area contributed by atoms with Crippen molar-refractivity contribution in [3.63, 3.8) is 0 Å². The van der Waals surface area contributed by atoms with E-state index in [0.717, 1.165) is 5.75 Å². The van der Waals surface area contributed by atoms with Crippen LogP contribution in [-0.2, 0) is 0 Å². The average molecular weight is 305 g/mol. The Balaban J connectivity index is 0.000000173. The van der Waals surface area contributed by atoms with Gasteiger partial charge in [-0.1, -0.05) is 90.0 Å². The van der Waals surface area contributed by atoms with E-state index in [-0.39, 0.29) is 0 Å². The van der Waals surface area contributed by atoms with Gasteiger partial charge in [-0.2, -0.15) is 0 Å². The Morgan fingerprint density at radius 2 is 1.22 bits per heavy atom. The molecule has 0 fully saturated rings. The number of para-hydroxylation sites is 1. The van der Waals surface area contributed by atoms with Crippen molar-refractivity contribution in [2.45, 2.75) is 13.8 Å². The van der Waals surface area contributed by atoms with Crippen LogP contribution in [0, 0.1) is 13.3 Å². The van der Waals surface area contributed by atoms with Crippen molar-refractivity contribution in [2.75, 3.05) is 7.11 Å². The highest BCUT2D eigenvalue weighted by atomic mass is 16.5. The minimum Gasteiger partial charge on any atom is -0.497 e. The lowest BCUT2D eigenvalue weighted by Crippen LogP contribution is -1.78. The van der Waals surface area contributed by atoms with E-state index in [4.69, 9.17) is 4.74 Å². The molecule has 1 aliphatic rings. The second-order valence-electron chi connectivity index (χ2n) is 5.02. The SMILES string of the molecule is CC1=CC=CC=C[CH]1.COc1ccccc1.Cc1ccccc1. The molecule has 3 rings (SSSR count). The summed E-state index contributed by atoms with van der Waals surface area (Å²) in [6, 6.07) is 19.9. The van der Waals surface area contributed by atoms with Crippen molar-refractivity contribution in [3.8, 4) is 5.75 Å². The van der Waals surface area contributed by atoms with Crippen LogP contribution in [0.15, 0.2) is 96.6 Å². The number of allylic oxidation sites excluding steroid dienone is 6. The molecule has 0 atom stereocenters. The first-order valence-electron chi connectivity index (χ1n) is 7.68. The van der Waals surface area contributed by atoms with Crippen molar-refractivity contribution >= 4 is 0 Å². The molecule has 0 unspecified atom stereocenters. The Kier molecular flexibility index (Phi) is 9.70. The number of rotatable bonds is 1. The Morgan fingerprint density at radius 3 is 1.70 bits per heavy atom. The largest absolute Gasteiger partial charge is 0.497 e. The number of methoxy groups -OCH3 is 1. The van der Waals surface area contributed by atoms with Gasteiger partial charge >= 0.3 is 0 Å². The molecule has 1 heteroatoms. The fourth-order valence-corrected chi connectivity index (χ4v) is 1.69. The van der Waals surface area contributed by atoms with Gasteiger partial charge in [-0.3, -0.25) is 0 Å². The molecule has 1 aliphatic carbocycles. The Hall–Kier alpha value is -2.54. The molecular formula is C22H25O. The molecule has 0 bridgehead atoms. The molecule has 119 valence electrons. The van der Waals surface area contributed by atoms with E-state index < -0.39 is 0 Å². The van der Waals surface area contributed by atoms with Gasteiger partial charge in [-0.25, -0.2) is 0 Å². The highest BCUT2D eigenvalue weighted by Gasteiger charge is 1.84. The number of hydrogen-bond donors (Lipinski definition) is 0. The Morgan fingerprint density at radius 1 is 0.652 bits per heavy atom. The smallest absolute Gasteiger partial charge is 0.118 e. The van der Waals surface area contributed by atoms with Crippen LogP contribution in [0.25, 0.3) is 0 Å². The second kappa shape index (κ2) is 12.0. The van der Waals surface area contributed by atoms with Crippen LogP contribution in [-0.4, -0.2) is 7.11 Å². The number of benzene rings is 2. The summed E-state index contributed by atoms with van der Waals surface area (Å²) in [5.74, 6) is 0.910. The van der Waals surface area contributed by atoms with Crippen LogP contribution in [0.1, 0.15) is 12.5 Å². The lowest BCUT2D eigenvalue weighted by Gasteiger charge is -1.93. The number of hydrogen-bond acceptors (Lipinski definition) is 1. The summed E-state index contributed by atoms with van der Waals surface area (Å²) in [5.41, 5.74) is 2.62. The van der Waals surface area contributed by atoms with E-state index in [1.54, 1.807) is 7.11 Å². The van der Waals surface area contributed by atoms with E-state index in [1.165, 1.54) is 11.1 Å². The third-order valence-electron chi connectivity index (χ3n) is 2.97. The monoisotopic (exact) mass is 305 g/mol. The minimum atomic E-state index is 0.910. The second-order valence-corrected chi connectivity index (χ2v) is 5.02. The fourth-order valence-electron chi connectivity index (χ4n) is 1.69. The van der Waals surface area contributed by atoms with Crippen molar-refractivity contribution in [2.24, 2.45) is 0 Å². The highest BCUT2D eigenvalue weighted by molar-refractivity contribution is 5.30. The molecule has 2 aromatic rings. The summed E-state index contributed by atoms with van der Waals surface area (Å²) in [6.45, 7) is 4.17. The van der Waals surface area contributed by atoms with Gasteiger partial charge in [-0.15, -0.1) is 0 Å². The zero-order valence-corrected chi connectivity index (χ0v) is 14.1. The first-order chi connectivity index (χ1) is 11.2. The first kappa shape index (κ1) is 18.5. The lowest BCUT2D eigenvalue weighted by atomic mass is 10.2. The van der Waals surface area contributed by atoms with Crippen LogP contribution in [0.4, 0.5) is 0 Å². The van der Waals surface area contributed by atoms with Gasteiger partial charge in [-0.05, 0) is 26.0 Å². The van der Waals surface area contributed by atoms with Crippen molar-refractivity contribution in [3.05, 3.63) is 109 Å². The summed E-state index contributed by atoms with van der Waals surface area (Å²) in [5, 5.41) is 0. The van der Waals surface area contributed by atoms with Crippen molar-refractivity contribution in [1.82, 2.24) is 0 Å². The summed E-state index contributed by atoms with van der Waals surface area (Å²) < 4.78 is 4.91. The van der Waals surface area contributed by atoms with Crippen LogP contribution in [0.2, 0.25) is 0 Å². The number of ether oxygens (including phenoxy) is 1. The summed E-state index contributed by atoms with van der Waals surface area (Å²) in [4.78, 5) is 0. The van der Waals surface area contributed by atoms with Crippen LogP contribution >= 0.6 is 0 Å². The molecule has 1 radical (unpaired) electrons. The van der Waals surface area contributed by atoms with Gasteiger partial charge < -0.3 is 4.74 Å². The normalized spacial score (nSPS) is 11.9. The van der Waals surface area contributed by atoms with Crippen molar-refractivity contribution < 1.29 is 4.74 Å². The fraction of sp³-hybridized carbons (Fsp3) is 0.136. The molecule has 0 aliphatic heterocycles. The van der Waals surface area contributed by atoms with Gasteiger partial charge in [0.2, 0.25) is 0 Å². The number of aryl methyl sites for hydroxylation is 1. The summed E-state index contributed by atoms with van der Waals surface area (Å²) >= 11 is 0. The van der Waals surface area contributed by atoms with Crippen LogP contribution in [0.3, 0.4) is 0 Å². The highest BCUT2D eigenvalue weighted by Crippen LogP contribution is 2.05. The van der Waals surface area contributed by atoms with E-state index in [9.17, 15) is 0 Å². The zero-order chi connectivity index (χ0) is 16.8. The quantitative estimate of drug-likeness (QED) is 0.632. The van der Waals surface area contributed by atoms with Crippen molar-refractivity contribution in [1.29, 1.82) is 0 Å². The zero-order valence-electron chi connectivity index (χ0n) is 14.1. The molecule has 0 spiro atoms. The third-order valence-corrected chi connectivity index (χ3v) is 2.97. The Bertz CT molecular complexity index is 607. The molecule has 23 heavy (non-hydrogen) atoms. The van der Waals surface area contributed by atoms with Gasteiger partial charge in [0, 0.05) is 6.42 Å². The minimum absolute atomic E-state index is 0.910. The van der Waals surface area contributed by atoms with E-state index in [2.05, 4.69) is 38.5 Å². The predicted molar refractivity (Wildman–Crippen MR) is 101 cm³/mol. The van der Waals surface area contributed by atoms with Crippen LogP contribution in [0.5, 0.6) is 5.75 Å². The molecule has 0 saturated heterocycles. The maximum absolute atomic E-state index is 4.91. The molecule has 2 aromatic carbocycles. The maximum atomic E-state index is 4.91. The topological polar surface area (TPSA) is 9.23 Å². The molecule has 0 N–H and O–H groups in total. The molecule has 1 nitrogen and oxygen atoms in total. The standard InChI is InChI=1S/C8H9.C7H8O.C7H8/c1-8-6-4-2-3-5-7-8;1-8-7-5-3-2-4-6-7;1-7-5-3-2-4-6-7/h2-7H,1H3;2-6H,1H3;2-6H,1H3. The van der Waals surface area contributed by atoms with E-state index in [0.29, 0.717) is 0 Å². The predicted octanol–water partition coefficient (Wildman–Crippen LogP) is 5.95. The summed E-state index contributed by atoms with van der Waals surface area (Å²) in [7, 11) is 1.66. The molecule has 0 heterocycles. The van der Waals surface area contributed by atoms with E-state index >= 15 is 0 Å². The van der Waals surface area contributed by atoms with Gasteiger partial charge in [0.1, 0.15) is 5.75 Å². The average Bonchev–Trinajstić information content (AvgIpc) is 2.85. The van der Waals surface area contributed by atoms with Gasteiger partial charge in [0.15, 0.2) is 0 Å². The first-order valence-corrected chi connectivity index (χ1v) is 7.68. The molecular weight excluding hydrogens is 280 g/mol.